The van der Waals surface area contributed by atoms with Gasteiger partial charge in [0.25, 0.3) is 5.69 Å². The lowest BCUT2D eigenvalue weighted by Gasteiger charge is -2.29. The van der Waals surface area contributed by atoms with Crippen LogP contribution in [0, 0.1) is 10.1 Å². The highest BCUT2D eigenvalue weighted by Crippen LogP contribution is 2.25. The molecule has 0 radical (unpaired) electrons. The lowest BCUT2D eigenvalue weighted by atomic mass is 10.0. The van der Waals surface area contributed by atoms with E-state index in [1.807, 2.05) is 36.4 Å². The first-order chi connectivity index (χ1) is 40.6. The van der Waals surface area contributed by atoms with Gasteiger partial charge in [-0.3, -0.25) is 48.5 Å². The summed E-state index contributed by atoms with van der Waals surface area (Å²) in [7, 11) is 1.86. The van der Waals surface area contributed by atoms with Crippen LogP contribution in [0.4, 0.5) is 16.2 Å². The number of nitrogens with two attached hydrogens (primary N) is 4. The maximum atomic E-state index is 14.8. The average molecular weight is 1210 g/mol. The normalized spacial score (nSPS) is 20.4. The number of unbranched alkanes of at least 4 members (excludes halogenated alkanes) is 1. The van der Waals surface area contributed by atoms with Gasteiger partial charge in [-0.15, -0.1) is 0 Å². The minimum absolute atomic E-state index is 0.0613. The number of phenols is 1. The van der Waals surface area contributed by atoms with Crippen molar-refractivity contribution in [2.75, 3.05) is 23.4 Å². The summed E-state index contributed by atoms with van der Waals surface area (Å²) in [6.07, 6.45) is -1.74. The molecule has 26 nitrogen and oxygen atoms in total. The maximum Gasteiger partial charge on any atom is 0.316 e. The van der Waals surface area contributed by atoms with E-state index in [0.29, 0.717) is 34.4 Å². The van der Waals surface area contributed by atoms with Crippen molar-refractivity contribution in [2.24, 2.45) is 22.9 Å². The van der Waals surface area contributed by atoms with Gasteiger partial charge in [-0.2, -0.15) is 0 Å². The van der Waals surface area contributed by atoms with Gasteiger partial charge in [0.2, 0.25) is 47.3 Å². The van der Waals surface area contributed by atoms with Gasteiger partial charge < -0.3 is 75.7 Å². The molecular formula is C57H69N13O13S2. The number of fused-ring (bicyclic) bond motifs is 1. The van der Waals surface area contributed by atoms with Crippen molar-refractivity contribution in [2.45, 2.75) is 106 Å². The zero-order chi connectivity index (χ0) is 61.7. The molecule has 28 heteroatoms. The SMILES string of the molecule is C[C@@H](O)[C@@H]1NC(=O)[C@H](CCCCN)NC(=O)[C@@H](Cc2ccc(NC(N)=O)cc2)NC(=O)[C@H](Cc2ccc(O)cc2)NC(=O)[C@H](NC(=O)[C@@H](N)Cc2ccc([N+](=O)[O-])cc2)CSSC[C@@H](C(=O)N[C@@H](Cc2ccc3ccccc3c2)C(N)=O)NC1=O. The Kier molecular flexibility index (Phi) is 24.4. The van der Waals surface area contributed by atoms with Gasteiger partial charge in [-0.1, -0.05) is 100 Å². The number of anilines is 1. The van der Waals surface area contributed by atoms with Gasteiger partial charge in [0.15, 0.2) is 0 Å². The largest absolute Gasteiger partial charge is 0.508 e. The van der Waals surface area contributed by atoms with Crippen molar-refractivity contribution in [1.82, 2.24) is 37.2 Å². The summed E-state index contributed by atoms with van der Waals surface area (Å²) >= 11 is 0. The third kappa shape index (κ3) is 20.2. The molecule has 1 fully saturated rings. The Morgan fingerprint density at radius 1 is 0.682 bits per heavy atom. The molecule has 85 heavy (non-hydrogen) atoms. The summed E-state index contributed by atoms with van der Waals surface area (Å²) in [6.45, 7) is 1.41. The molecule has 5 aromatic carbocycles. The lowest BCUT2D eigenvalue weighted by Crippen LogP contribution is -2.62. The zero-order valence-electron chi connectivity index (χ0n) is 46.2. The molecule has 9 atom stereocenters. The van der Waals surface area contributed by atoms with Crippen LogP contribution in [-0.4, -0.2) is 141 Å². The van der Waals surface area contributed by atoms with Crippen LogP contribution in [0.5, 0.6) is 5.75 Å². The van der Waals surface area contributed by atoms with Crippen molar-refractivity contribution in [3.8, 4) is 5.75 Å². The standard InChI is InChI=1S/C57H69N13O13S2/c1-31(71)48-56(80)68-47(54(78)64-43(49(60)73)28-35-9-16-36-6-2-3-7-37(36)24-35)30-85-84-29-46(67-50(74)41(59)25-32-12-19-39(20-13-32)70(82)83)55(79)66-45(27-34-14-21-40(72)22-15-34)53(77)65-44(26-33-10-17-38(18-11-33)62-57(61)81)52(76)63-42(51(75)69-48)8-4-5-23-58/h2-3,6-7,9-22,24,31,41-48,71-72H,4-5,8,23,25-30,58-59H2,1H3,(H2,60,73)(H,63,76)(H,64,78)(H,65,77)(H,66,79)(H,67,74)(H,68,80)(H,69,75)(H3,61,62,81)/t31-,41+,42+,43+,44-,45+,46-,47+,48+/m1/s1. The number of primary amides is 2. The molecule has 0 saturated carbocycles. The molecule has 0 unspecified atom stereocenters. The highest BCUT2D eigenvalue weighted by Gasteiger charge is 2.37. The molecule has 1 saturated heterocycles. The van der Waals surface area contributed by atoms with E-state index in [1.165, 1.54) is 79.7 Å². The molecule has 10 amide bonds. The number of nitro groups is 1. The van der Waals surface area contributed by atoms with Crippen molar-refractivity contribution < 1.29 is 58.3 Å². The first-order valence-electron chi connectivity index (χ1n) is 27.0. The highest BCUT2D eigenvalue weighted by molar-refractivity contribution is 8.76. The fourth-order valence-corrected chi connectivity index (χ4v) is 11.3. The molecule has 1 heterocycles. The van der Waals surface area contributed by atoms with Crippen LogP contribution < -0.4 is 65.5 Å². The number of carbonyl (C=O) groups excluding carboxylic acids is 9. The van der Waals surface area contributed by atoms with E-state index in [9.17, 15) is 63.5 Å². The predicted octanol–water partition coefficient (Wildman–Crippen LogP) is 0.326. The summed E-state index contributed by atoms with van der Waals surface area (Å²) in [5.74, 6) is -8.21. The van der Waals surface area contributed by atoms with Crippen LogP contribution in [0.2, 0.25) is 0 Å². The maximum absolute atomic E-state index is 14.8. The molecule has 0 aliphatic carbocycles. The second kappa shape index (κ2) is 31.7. The van der Waals surface area contributed by atoms with E-state index in [1.54, 1.807) is 6.07 Å². The summed E-state index contributed by atoms with van der Waals surface area (Å²) < 4.78 is 0. The summed E-state index contributed by atoms with van der Waals surface area (Å²) in [4.78, 5) is 137. The second-order valence-corrected chi connectivity index (χ2v) is 22.8. The number of hydrogen-bond donors (Lipinski definition) is 14. The highest BCUT2D eigenvalue weighted by atomic mass is 33.1. The smallest absolute Gasteiger partial charge is 0.316 e. The zero-order valence-corrected chi connectivity index (χ0v) is 47.8. The monoisotopic (exact) mass is 1210 g/mol. The van der Waals surface area contributed by atoms with Crippen LogP contribution in [0.1, 0.15) is 48.4 Å². The number of rotatable bonds is 20. The fraction of sp³-hybridized carbons (Fsp3) is 0.351. The number of urea groups is 1. The van der Waals surface area contributed by atoms with Gasteiger partial charge >= 0.3 is 6.03 Å². The molecule has 0 aromatic heterocycles. The number of phenolic OH excluding ortho intramolecular Hbond substituents is 1. The Labute approximate surface area is 496 Å². The Morgan fingerprint density at radius 2 is 1.25 bits per heavy atom. The van der Waals surface area contributed by atoms with E-state index < -0.39 is 113 Å². The molecule has 1 aliphatic heterocycles. The Bertz CT molecular complexity index is 3200. The van der Waals surface area contributed by atoms with Crippen LogP contribution in [-0.2, 0) is 64.0 Å². The van der Waals surface area contributed by atoms with E-state index in [2.05, 4.69) is 42.5 Å². The van der Waals surface area contributed by atoms with E-state index in [4.69, 9.17) is 22.9 Å². The predicted molar refractivity (Wildman–Crippen MR) is 320 cm³/mol. The number of nitrogens with one attached hydrogen (secondary N) is 8. The Morgan fingerprint density at radius 3 is 1.85 bits per heavy atom. The number of benzene rings is 5. The number of aromatic hydroxyl groups is 1. The molecule has 1 aliphatic rings. The summed E-state index contributed by atoms with van der Waals surface area (Å²) in [5.41, 5.74) is 25.4. The number of nitro benzene ring substituents is 1. The van der Waals surface area contributed by atoms with Crippen molar-refractivity contribution >= 4 is 97.0 Å². The Hall–Kier alpha value is -8.83. The lowest BCUT2D eigenvalue weighted by molar-refractivity contribution is -0.384. The third-order valence-electron chi connectivity index (χ3n) is 13.6. The van der Waals surface area contributed by atoms with Gasteiger partial charge in [0, 0.05) is 48.6 Å². The topological polar surface area (TPSA) is 438 Å². The first kappa shape index (κ1) is 65.3. The van der Waals surface area contributed by atoms with Crippen LogP contribution in [0.25, 0.3) is 10.8 Å². The summed E-state index contributed by atoms with van der Waals surface area (Å²) in [6, 6.07) is 17.1. The Balaban J connectivity index is 1.39. The molecule has 452 valence electrons. The third-order valence-corrected chi connectivity index (χ3v) is 16.0. The first-order valence-corrected chi connectivity index (χ1v) is 29.5. The molecule has 18 N–H and O–H groups in total. The van der Waals surface area contributed by atoms with Crippen LogP contribution in [0.3, 0.4) is 0 Å². The van der Waals surface area contributed by atoms with Gasteiger partial charge in [-0.25, -0.2) is 4.79 Å². The number of non-ortho nitro benzene ring substituents is 1. The van der Waals surface area contributed by atoms with E-state index in [-0.39, 0.29) is 68.0 Å². The number of hydrogen-bond acceptors (Lipinski definition) is 17. The van der Waals surface area contributed by atoms with Gasteiger partial charge in [0.1, 0.15) is 48.0 Å². The quantitative estimate of drug-likeness (QED) is 0.0216. The molecule has 5 aromatic rings. The van der Waals surface area contributed by atoms with Crippen molar-refractivity contribution in [3.63, 3.8) is 0 Å². The molecular weight excluding hydrogens is 1140 g/mol. The number of carbonyl (C=O) groups is 9. The molecule has 6 rings (SSSR count). The van der Waals surface area contributed by atoms with E-state index in [0.717, 1.165) is 32.4 Å². The molecule has 0 spiro atoms. The average Bonchev–Trinajstić information content (AvgIpc) is 3.48. The molecule has 0 bridgehead atoms. The number of aliphatic hydroxyl groups excluding tert-OH is 1. The van der Waals surface area contributed by atoms with Gasteiger partial charge in [0.05, 0.1) is 17.1 Å². The minimum atomic E-state index is -1.77. The van der Waals surface area contributed by atoms with E-state index >= 15 is 0 Å². The number of aliphatic hydroxyl groups is 1. The van der Waals surface area contributed by atoms with Gasteiger partial charge in [-0.05, 0) is 96.4 Å². The van der Waals surface area contributed by atoms with Crippen molar-refractivity contribution in [3.05, 3.63) is 148 Å². The van der Waals surface area contributed by atoms with Crippen LogP contribution in [0.15, 0.2) is 115 Å². The number of nitrogens with zero attached hydrogens (tertiary/aromatic N) is 1. The minimum Gasteiger partial charge on any atom is -0.508 e. The van der Waals surface area contributed by atoms with Crippen molar-refractivity contribution in [1.29, 1.82) is 0 Å². The second-order valence-electron chi connectivity index (χ2n) is 20.2. The number of amides is 10. The summed E-state index contributed by atoms with van der Waals surface area (Å²) in [5, 5.41) is 55.1. The van der Waals surface area contributed by atoms with Crippen LogP contribution >= 0.6 is 21.6 Å². The fourth-order valence-electron chi connectivity index (χ4n) is 8.96.